The Morgan fingerprint density at radius 2 is 2.33 bits per heavy atom. The van der Waals surface area contributed by atoms with Gasteiger partial charge in [0, 0.05) is 0 Å². The van der Waals surface area contributed by atoms with Gasteiger partial charge in [0.25, 0.3) is 0 Å². The smallest absolute Gasteiger partial charge is 0.140 e. The largest absolute Gasteiger partial charge is 0.299 e. The number of aromatic nitrogens is 1. The summed E-state index contributed by atoms with van der Waals surface area (Å²) in [7, 11) is 0. The average Bonchev–Trinajstić information content (AvgIpc) is 1.90. The van der Waals surface area contributed by atoms with E-state index in [0.29, 0.717) is 11.4 Å². The zero-order valence-corrected chi connectivity index (χ0v) is 4.63. The van der Waals surface area contributed by atoms with E-state index >= 15 is 0 Å². The van der Waals surface area contributed by atoms with E-state index in [0.717, 1.165) is 0 Å². The molecule has 0 fully saturated rings. The highest BCUT2D eigenvalue weighted by Gasteiger charge is 1.87. The number of nitrogens with zero attached hydrogens (tertiary/aromatic N) is 2. The van der Waals surface area contributed by atoms with Crippen molar-refractivity contribution >= 4 is 5.69 Å². The highest BCUT2D eigenvalue weighted by atomic mass is 14.7. The topological polar surface area (TPSA) is 60.5 Å². The van der Waals surface area contributed by atoms with Crippen molar-refractivity contribution in [2.45, 2.75) is 0 Å². The first kappa shape index (κ1) is 5.57. The minimum Gasteiger partial charge on any atom is -0.299 e. The Hall–Kier alpha value is -1.56. The van der Waals surface area contributed by atoms with Crippen LogP contribution in [0.25, 0.3) is 0 Å². The van der Waals surface area contributed by atoms with Crippen LogP contribution in [0.5, 0.6) is 0 Å². The number of hydrogen-bond acceptors (Lipinski definition) is 2. The maximum atomic E-state index is 8.25. The van der Waals surface area contributed by atoms with Crippen LogP contribution in [0.1, 0.15) is 5.69 Å². The molecule has 9 heavy (non-hydrogen) atoms. The first-order valence-electron chi connectivity index (χ1n) is 2.40. The van der Waals surface area contributed by atoms with Crippen LogP contribution in [-0.2, 0) is 0 Å². The minimum atomic E-state index is 0.328. The molecule has 0 spiro atoms. The molecule has 0 unspecified atom stereocenters. The Labute approximate surface area is 52.7 Å². The van der Waals surface area contributed by atoms with Gasteiger partial charge in [-0.1, -0.05) is 0 Å². The molecule has 43 valence electrons. The second-order valence-corrected chi connectivity index (χ2v) is 1.54. The van der Waals surface area contributed by atoms with Gasteiger partial charge in [-0.15, -0.1) is 0 Å². The van der Waals surface area contributed by atoms with E-state index < -0.39 is 0 Å². The van der Waals surface area contributed by atoms with E-state index in [1.54, 1.807) is 0 Å². The lowest BCUT2D eigenvalue weighted by Crippen LogP contribution is -1.79. The molecule has 1 heterocycles. The van der Waals surface area contributed by atoms with Gasteiger partial charge in [0.15, 0.2) is 0 Å². The molecule has 0 saturated heterocycles. The Morgan fingerprint density at radius 3 is 2.78 bits per heavy atom. The van der Waals surface area contributed by atoms with E-state index in [4.69, 9.17) is 11.0 Å². The molecule has 0 aliphatic rings. The van der Waals surface area contributed by atoms with Crippen LogP contribution < -0.4 is 5.73 Å². The number of nitrogens with one attached hydrogen (secondary N) is 1. The molecular weight excluding hydrogens is 114 g/mol. The fourth-order valence-electron chi connectivity index (χ4n) is 0.460. The van der Waals surface area contributed by atoms with Crippen molar-refractivity contribution in [2.24, 2.45) is 0 Å². The lowest BCUT2D eigenvalue weighted by molar-refractivity contribution is 1.24. The van der Waals surface area contributed by atoms with Gasteiger partial charge in [0.2, 0.25) is 0 Å². The maximum Gasteiger partial charge on any atom is 0.140 e. The van der Waals surface area contributed by atoms with Crippen LogP contribution in [0.15, 0.2) is 18.3 Å². The third-order valence-electron chi connectivity index (χ3n) is 0.878. The SMILES string of the molecule is N#Cc1ccc([NH])cn1. The van der Waals surface area contributed by atoms with Crippen LogP contribution >= 0.6 is 0 Å². The highest BCUT2D eigenvalue weighted by molar-refractivity contribution is 5.33. The molecule has 1 aromatic heterocycles. The molecule has 0 bridgehead atoms. The molecule has 1 aromatic rings. The molecule has 0 saturated carbocycles. The van der Waals surface area contributed by atoms with Crippen LogP contribution in [0.3, 0.4) is 0 Å². The molecule has 1 rings (SSSR count). The standard InChI is InChI=1S/C6H4N3/c7-3-6-2-1-5(8)4-9-6/h1-2,4,8H. The van der Waals surface area contributed by atoms with E-state index in [1.807, 2.05) is 6.07 Å². The number of rotatable bonds is 0. The van der Waals surface area contributed by atoms with Crippen LogP contribution in [-0.4, -0.2) is 4.98 Å². The molecule has 0 atom stereocenters. The first-order chi connectivity index (χ1) is 4.33. The molecular formula is C6H4N3. The molecule has 0 aliphatic heterocycles. The van der Waals surface area contributed by atoms with Gasteiger partial charge in [-0.3, -0.25) is 5.73 Å². The fraction of sp³-hybridized carbons (Fsp3) is 0. The predicted molar refractivity (Wildman–Crippen MR) is 31.7 cm³/mol. The third-order valence-corrected chi connectivity index (χ3v) is 0.878. The van der Waals surface area contributed by atoms with Crippen molar-refractivity contribution in [2.75, 3.05) is 0 Å². The Balaban J connectivity index is 3.06. The van der Waals surface area contributed by atoms with E-state index in [2.05, 4.69) is 4.98 Å². The average molecular weight is 118 g/mol. The summed E-state index contributed by atoms with van der Waals surface area (Å²) in [5, 5.41) is 8.25. The summed E-state index contributed by atoms with van der Waals surface area (Å²) in [6.07, 6.45) is 1.35. The van der Waals surface area contributed by atoms with Gasteiger partial charge in [-0.05, 0) is 12.1 Å². The normalized spacial score (nSPS) is 8.33. The van der Waals surface area contributed by atoms with Crippen LogP contribution in [0, 0.1) is 11.3 Å². The summed E-state index contributed by atoms with van der Waals surface area (Å²) in [6.45, 7) is 0. The zero-order chi connectivity index (χ0) is 6.69. The van der Waals surface area contributed by atoms with Crippen molar-refractivity contribution in [3.8, 4) is 6.07 Å². The molecule has 1 N–H and O–H groups in total. The highest BCUT2D eigenvalue weighted by Crippen LogP contribution is 2.00. The molecule has 0 amide bonds. The van der Waals surface area contributed by atoms with Crippen molar-refractivity contribution in [3.63, 3.8) is 0 Å². The van der Waals surface area contributed by atoms with E-state index in [9.17, 15) is 0 Å². The second kappa shape index (κ2) is 2.14. The maximum absolute atomic E-state index is 8.25. The lowest BCUT2D eigenvalue weighted by atomic mass is 10.3. The van der Waals surface area contributed by atoms with Gasteiger partial charge in [-0.25, -0.2) is 4.98 Å². The van der Waals surface area contributed by atoms with Gasteiger partial charge in [-0.2, -0.15) is 5.26 Å². The molecule has 0 aliphatic carbocycles. The van der Waals surface area contributed by atoms with Crippen LogP contribution in [0.4, 0.5) is 5.69 Å². The summed E-state index contributed by atoms with van der Waals surface area (Å²) in [4.78, 5) is 3.65. The molecule has 3 nitrogen and oxygen atoms in total. The summed E-state index contributed by atoms with van der Waals surface area (Å²) in [6, 6.07) is 4.91. The van der Waals surface area contributed by atoms with Crippen molar-refractivity contribution in [1.82, 2.24) is 10.7 Å². The van der Waals surface area contributed by atoms with Gasteiger partial charge < -0.3 is 0 Å². The van der Waals surface area contributed by atoms with Crippen molar-refractivity contribution in [1.29, 1.82) is 5.26 Å². The summed E-state index contributed by atoms with van der Waals surface area (Å²) >= 11 is 0. The third kappa shape index (κ3) is 1.16. The number of nitriles is 1. The van der Waals surface area contributed by atoms with E-state index in [1.165, 1.54) is 18.3 Å². The molecule has 3 heteroatoms. The second-order valence-electron chi connectivity index (χ2n) is 1.54. The number of pyridine rings is 1. The van der Waals surface area contributed by atoms with E-state index in [-0.39, 0.29) is 0 Å². The summed E-state index contributed by atoms with van der Waals surface area (Å²) in [5.74, 6) is 0. The molecule has 0 aromatic carbocycles. The zero-order valence-electron chi connectivity index (χ0n) is 4.63. The monoisotopic (exact) mass is 118 g/mol. The van der Waals surface area contributed by atoms with Gasteiger partial charge >= 0.3 is 0 Å². The van der Waals surface area contributed by atoms with Crippen molar-refractivity contribution in [3.05, 3.63) is 24.0 Å². The van der Waals surface area contributed by atoms with Gasteiger partial charge in [0.1, 0.15) is 11.8 Å². The summed E-state index contributed by atoms with van der Waals surface area (Å²) < 4.78 is 0. The first-order valence-corrected chi connectivity index (χ1v) is 2.40. The van der Waals surface area contributed by atoms with Gasteiger partial charge in [0.05, 0.1) is 11.9 Å². The number of hydrogen-bond donors (Lipinski definition) is 0. The van der Waals surface area contributed by atoms with Crippen molar-refractivity contribution < 1.29 is 0 Å². The Bertz CT molecular complexity index is 231. The lowest BCUT2D eigenvalue weighted by Gasteiger charge is -1.86. The fourth-order valence-corrected chi connectivity index (χ4v) is 0.460. The summed E-state index contributed by atoms with van der Waals surface area (Å²) in [5.41, 5.74) is 7.68. The quantitative estimate of drug-likeness (QED) is 0.507. The Kier molecular flexibility index (Phi) is 1.32. The Morgan fingerprint density at radius 1 is 1.56 bits per heavy atom. The van der Waals surface area contributed by atoms with Crippen LogP contribution in [0.2, 0.25) is 0 Å². The molecule has 1 radical (unpaired) electrons. The minimum absolute atomic E-state index is 0.328. The predicted octanol–water partition coefficient (Wildman–Crippen LogP) is 0.868.